The molecule has 0 aliphatic rings. The number of phenols is 4. The number of phenolic OH excluding ortho intramolecular Hbond substituents is 4. The number of benzene rings is 2. The molecule has 0 unspecified atom stereocenters. The highest BCUT2D eigenvalue weighted by Crippen LogP contribution is 2.41. The molecule has 0 saturated heterocycles. The molecule has 2 aromatic rings. The smallest absolute Gasteiger partial charge is 0.123 e. The van der Waals surface area contributed by atoms with Gasteiger partial charge in [-0.3, -0.25) is 0 Å². The second kappa shape index (κ2) is 6.63. The summed E-state index contributed by atoms with van der Waals surface area (Å²) in [4.78, 5) is 0. The molecule has 4 heteroatoms. The fourth-order valence-electron chi connectivity index (χ4n) is 3.16. The van der Waals surface area contributed by atoms with Gasteiger partial charge in [0.15, 0.2) is 0 Å². The van der Waals surface area contributed by atoms with Crippen LogP contribution in [0.4, 0.5) is 0 Å². The van der Waals surface area contributed by atoms with Crippen LogP contribution >= 0.6 is 0 Å². The third-order valence-electron chi connectivity index (χ3n) is 4.47. The average molecular weight is 330 g/mol. The van der Waals surface area contributed by atoms with E-state index >= 15 is 0 Å². The van der Waals surface area contributed by atoms with Crippen molar-refractivity contribution in [2.45, 2.75) is 52.4 Å². The van der Waals surface area contributed by atoms with E-state index in [-0.39, 0.29) is 40.8 Å². The first kappa shape index (κ1) is 18.0. The van der Waals surface area contributed by atoms with E-state index in [4.69, 9.17) is 0 Å². The summed E-state index contributed by atoms with van der Waals surface area (Å²) in [5.41, 5.74) is 2.47. The van der Waals surface area contributed by atoms with Crippen LogP contribution in [-0.2, 0) is 0 Å². The lowest BCUT2D eigenvalue weighted by molar-refractivity contribution is 0.431. The Balaban J connectivity index is 2.48. The second-order valence-corrected chi connectivity index (χ2v) is 6.98. The van der Waals surface area contributed by atoms with Crippen molar-refractivity contribution in [1.82, 2.24) is 0 Å². The molecule has 4 N–H and O–H groups in total. The second-order valence-electron chi connectivity index (χ2n) is 6.98. The van der Waals surface area contributed by atoms with Gasteiger partial charge in [-0.25, -0.2) is 0 Å². The van der Waals surface area contributed by atoms with Gasteiger partial charge < -0.3 is 20.4 Å². The minimum Gasteiger partial charge on any atom is -0.508 e. The molecule has 0 fully saturated rings. The van der Waals surface area contributed by atoms with Gasteiger partial charge in [-0.2, -0.15) is 0 Å². The molecular formula is C20H26O4. The van der Waals surface area contributed by atoms with Crippen molar-refractivity contribution < 1.29 is 20.4 Å². The monoisotopic (exact) mass is 330 g/mol. The molecule has 0 aromatic heterocycles. The van der Waals surface area contributed by atoms with Gasteiger partial charge in [-0.05, 0) is 47.2 Å². The molecule has 0 aliphatic carbocycles. The lowest BCUT2D eigenvalue weighted by Crippen LogP contribution is -2.00. The minimum atomic E-state index is -0.207. The molecular weight excluding hydrogens is 304 g/mol. The molecule has 0 saturated carbocycles. The third kappa shape index (κ3) is 3.28. The Morgan fingerprint density at radius 2 is 0.792 bits per heavy atom. The van der Waals surface area contributed by atoms with E-state index in [0.29, 0.717) is 22.3 Å². The fourth-order valence-corrected chi connectivity index (χ4v) is 3.16. The molecule has 0 bridgehead atoms. The highest BCUT2D eigenvalue weighted by Gasteiger charge is 2.20. The van der Waals surface area contributed by atoms with Crippen LogP contribution in [0.25, 0.3) is 0 Å². The van der Waals surface area contributed by atoms with Crippen molar-refractivity contribution in [2.24, 2.45) is 0 Å². The van der Waals surface area contributed by atoms with Gasteiger partial charge in [-0.15, -0.1) is 0 Å². The SMILES string of the molecule is CC(C)c1c(O)cc(C(C)c2cc(O)c(C(C)C)c(O)c2)cc1O. The van der Waals surface area contributed by atoms with E-state index in [1.165, 1.54) is 0 Å². The minimum absolute atomic E-state index is 0.00719. The van der Waals surface area contributed by atoms with Crippen molar-refractivity contribution in [3.05, 3.63) is 46.5 Å². The predicted octanol–water partition coefficient (Wildman–Crippen LogP) is 4.91. The maximum Gasteiger partial charge on any atom is 0.123 e. The number of rotatable bonds is 4. The maximum absolute atomic E-state index is 10.2. The van der Waals surface area contributed by atoms with Gasteiger partial charge in [-0.1, -0.05) is 34.6 Å². The molecule has 0 atom stereocenters. The standard InChI is InChI=1S/C20H26O4/c1-10(2)19-15(21)6-13(7-16(19)22)12(5)14-8-17(23)20(11(3)4)18(24)9-14/h6-12,21-24H,1-5H3. The Morgan fingerprint density at radius 3 is 1.00 bits per heavy atom. The largest absolute Gasteiger partial charge is 0.508 e. The van der Waals surface area contributed by atoms with E-state index in [0.717, 1.165) is 0 Å². The Morgan fingerprint density at radius 1 is 0.542 bits per heavy atom. The summed E-state index contributed by atoms with van der Waals surface area (Å²) in [7, 11) is 0. The molecule has 24 heavy (non-hydrogen) atoms. The summed E-state index contributed by atoms with van der Waals surface area (Å²) < 4.78 is 0. The maximum atomic E-state index is 10.2. The lowest BCUT2D eigenvalue weighted by Gasteiger charge is -2.19. The Hall–Kier alpha value is -2.36. The average Bonchev–Trinajstić information content (AvgIpc) is 2.43. The zero-order valence-electron chi connectivity index (χ0n) is 14.8. The van der Waals surface area contributed by atoms with Gasteiger partial charge in [0.2, 0.25) is 0 Å². The fraction of sp³-hybridized carbons (Fsp3) is 0.400. The summed E-state index contributed by atoms with van der Waals surface area (Å²) >= 11 is 0. The van der Waals surface area contributed by atoms with Crippen molar-refractivity contribution in [3.63, 3.8) is 0 Å². The number of aromatic hydroxyl groups is 4. The van der Waals surface area contributed by atoms with Crippen LogP contribution in [0.2, 0.25) is 0 Å². The first-order valence-electron chi connectivity index (χ1n) is 8.25. The quantitative estimate of drug-likeness (QED) is 0.642. The Bertz CT molecular complexity index is 638. The van der Waals surface area contributed by atoms with E-state index in [9.17, 15) is 20.4 Å². The zero-order valence-corrected chi connectivity index (χ0v) is 14.8. The molecule has 4 nitrogen and oxygen atoms in total. The molecule has 130 valence electrons. The van der Waals surface area contributed by atoms with Crippen molar-refractivity contribution in [2.75, 3.05) is 0 Å². The summed E-state index contributed by atoms with van der Waals surface area (Å²) in [6.45, 7) is 9.50. The number of hydrogen-bond acceptors (Lipinski definition) is 4. The normalized spacial score (nSPS) is 11.7. The van der Waals surface area contributed by atoms with Crippen LogP contribution in [0.5, 0.6) is 23.0 Å². The predicted molar refractivity (Wildman–Crippen MR) is 95.2 cm³/mol. The van der Waals surface area contributed by atoms with Crippen LogP contribution in [0.3, 0.4) is 0 Å². The van der Waals surface area contributed by atoms with Gasteiger partial charge in [0, 0.05) is 17.0 Å². The van der Waals surface area contributed by atoms with Gasteiger partial charge in [0.25, 0.3) is 0 Å². The van der Waals surface area contributed by atoms with Crippen LogP contribution in [0, 0.1) is 0 Å². The van der Waals surface area contributed by atoms with Crippen molar-refractivity contribution in [1.29, 1.82) is 0 Å². The van der Waals surface area contributed by atoms with E-state index in [1.54, 1.807) is 24.3 Å². The van der Waals surface area contributed by atoms with Crippen LogP contribution in [-0.4, -0.2) is 20.4 Å². The van der Waals surface area contributed by atoms with Crippen molar-refractivity contribution in [3.8, 4) is 23.0 Å². The molecule has 0 heterocycles. The third-order valence-corrected chi connectivity index (χ3v) is 4.47. The molecule has 0 radical (unpaired) electrons. The molecule has 2 aromatic carbocycles. The molecule has 2 rings (SSSR count). The van der Waals surface area contributed by atoms with Gasteiger partial charge in [0.1, 0.15) is 23.0 Å². The van der Waals surface area contributed by atoms with Crippen LogP contribution in [0.1, 0.15) is 74.6 Å². The van der Waals surface area contributed by atoms with E-state index in [1.807, 2.05) is 34.6 Å². The highest BCUT2D eigenvalue weighted by molar-refractivity contribution is 5.54. The lowest BCUT2D eigenvalue weighted by atomic mass is 9.88. The molecule has 0 spiro atoms. The first-order chi connectivity index (χ1) is 11.1. The van der Waals surface area contributed by atoms with Gasteiger partial charge >= 0.3 is 0 Å². The first-order valence-corrected chi connectivity index (χ1v) is 8.25. The Kier molecular flexibility index (Phi) is 4.97. The van der Waals surface area contributed by atoms with E-state index in [2.05, 4.69) is 0 Å². The highest BCUT2D eigenvalue weighted by atomic mass is 16.3. The zero-order chi connectivity index (χ0) is 18.2. The molecule has 0 amide bonds. The van der Waals surface area contributed by atoms with Crippen molar-refractivity contribution >= 4 is 0 Å². The Labute approximate surface area is 143 Å². The van der Waals surface area contributed by atoms with E-state index < -0.39 is 0 Å². The van der Waals surface area contributed by atoms with Crippen LogP contribution in [0.15, 0.2) is 24.3 Å². The molecule has 0 aliphatic heterocycles. The van der Waals surface area contributed by atoms with Gasteiger partial charge in [0.05, 0.1) is 0 Å². The topological polar surface area (TPSA) is 80.9 Å². The summed E-state index contributed by atoms with van der Waals surface area (Å²) in [5.74, 6) is 0.0259. The number of hydrogen-bond donors (Lipinski definition) is 4. The summed E-state index contributed by atoms with van der Waals surface area (Å²) in [6.07, 6.45) is 0. The summed E-state index contributed by atoms with van der Waals surface area (Å²) in [5, 5.41) is 40.8. The summed E-state index contributed by atoms with van der Waals surface area (Å²) in [6, 6.07) is 6.52. The van der Waals surface area contributed by atoms with Crippen LogP contribution < -0.4 is 0 Å².